The molecule has 1 aliphatic heterocycles. The molecule has 2 heteroatoms. The molecule has 0 radical (unpaired) electrons. The lowest BCUT2D eigenvalue weighted by Crippen LogP contribution is -2.60. The van der Waals surface area contributed by atoms with E-state index in [-0.39, 0.29) is 17.0 Å². The first kappa shape index (κ1) is 11.1. The molecule has 3 atom stereocenters. The van der Waals surface area contributed by atoms with E-state index < -0.39 is 0 Å². The van der Waals surface area contributed by atoms with E-state index >= 15 is 0 Å². The quantitative estimate of drug-likeness (QED) is 0.363. The van der Waals surface area contributed by atoms with Gasteiger partial charge in [-0.25, -0.2) is 4.79 Å². The van der Waals surface area contributed by atoms with Gasteiger partial charge in [0.2, 0.25) is 0 Å². The molecule has 0 aromatic heterocycles. The van der Waals surface area contributed by atoms with E-state index in [0.717, 1.165) is 37.7 Å². The maximum atomic E-state index is 12.0. The fraction of sp³-hybridized carbons (Fsp3) is 0.667. The second-order valence-corrected chi connectivity index (χ2v) is 6.20. The lowest BCUT2D eigenvalue weighted by molar-refractivity contribution is -0.189. The highest BCUT2D eigenvalue weighted by atomic mass is 16.6. The van der Waals surface area contributed by atoms with Crippen LogP contribution in [0.3, 0.4) is 0 Å². The Morgan fingerprint density at radius 2 is 2.12 bits per heavy atom. The summed E-state index contributed by atoms with van der Waals surface area (Å²) < 4.78 is 5.84. The van der Waals surface area contributed by atoms with E-state index in [1.54, 1.807) is 0 Å². The van der Waals surface area contributed by atoms with E-state index in [9.17, 15) is 4.79 Å². The van der Waals surface area contributed by atoms with Crippen molar-refractivity contribution in [3.8, 4) is 0 Å². The molecule has 3 rings (SSSR count). The molecule has 1 saturated heterocycles. The van der Waals surface area contributed by atoms with Crippen LogP contribution in [0.2, 0.25) is 0 Å². The van der Waals surface area contributed by atoms with E-state index in [4.69, 9.17) is 4.74 Å². The summed E-state index contributed by atoms with van der Waals surface area (Å²) in [7, 11) is 0. The summed E-state index contributed by atoms with van der Waals surface area (Å²) in [4.78, 5) is 12.0. The highest BCUT2D eigenvalue weighted by molar-refractivity contribution is 5.90. The largest absolute Gasteiger partial charge is 0.451 e. The van der Waals surface area contributed by atoms with Crippen LogP contribution in [-0.2, 0) is 9.53 Å². The van der Waals surface area contributed by atoms with Crippen LogP contribution in [0, 0.1) is 11.3 Å². The molecule has 3 unspecified atom stereocenters. The zero-order valence-corrected chi connectivity index (χ0v) is 10.6. The van der Waals surface area contributed by atoms with Gasteiger partial charge in [0, 0.05) is 11.0 Å². The molecule has 2 saturated carbocycles. The van der Waals surface area contributed by atoms with Crippen molar-refractivity contribution in [2.75, 3.05) is 0 Å². The second kappa shape index (κ2) is 3.24. The lowest BCUT2D eigenvalue weighted by atomic mass is 9.52. The van der Waals surface area contributed by atoms with Gasteiger partial charge in [-0.05, 0) is 50.0 Å². The number of hydrogen-bond acceptors (Lipinski definition) is 2. The number of rotatable bonds is 0. The highest BCUT2D eigenvalue weighted by Gasteiger charge is 2.60. The fourth-order valence-electron chi connectivity index (χ4n) is 4.11. The molecule has 0 aromatic rings. The predicted molar refractivity (Wildman–Crippen MR) is 66.4 cm³/mol. The molecule has 0 amide bonds. The molecule has 3 fully saturated rings. The van der Waals surface area contributed by atoms with Gasteiger partial charge in [0.15, 0.2) is 0 Å². The van der Waals surface area contributed by atoms with Gasteiger partial charge in [-0.2, -0.15) is 0 Å². The molecule has 2 bridgehead atoms. The highest BCUT2D eigenvalue weighted by Crippen LogP contribution is 2.61. The van der Waals surface area contributed by atoms with Crippen molar-refractivity contribution in [1.29, 1.82) is 0 Å². The van der Waals surface area contributed by atoms with Crippen LogP contribution in [0.1, 0.15) is 45.4 Å². The number of hydrogen-bond donors (Lipinski definition) is 0. The fourth-order valence-corrected chi connectivity index (χ4v) is 4.11. The Morgan fingerprint density at radius 1 is 1.35 bits per heavy atom. The van der Waals surface area contributed by atoms with Gasteiger partial charge in [-0.15, -0.1) is 0 Å². The zero-order valence-electron chi connectivity index (χ0n) is 10.6. The summed E-state index contributed by atoms with van der Waals surface area (Å²) in [6.07, 6.45) is 6.47. The van der Waals surface area contributed by atoms with Crippen molar-refractivity contribution >= 4 is 5.97 Å². The average Bonchev–Trinajstić information content (AvgIpc) is 2.29. The molecule has 1 spiro atoms. The second-order valence-electron chi connectivity index (χ2n) is 6.20. The molecule has 92 valence electrons. The van der Waals surface area contributed by atoms with E-state index in [1.807, 2.05) is 0 Å². The Balaban J connectivity index is 2.08. The number of carbonyl (C=O) groups excluding carboxylic acids is 1. The van der Waals surface area contributed by atoms with Crippen LogP contribution in [0.25, 0.3) is 0 Å². The van der Waals surface area contributed by atoms with Crippen molar-refractivity contribution in [3.63, 3.8) is 0 Å². The third-order valence-corrected chi connectivity index (χ3v) is 5.35. The van der Waals surface area contributed by atoms with Crippen molar-refractivity contribution in [2.45, 2.75) is 51.0 Å². The minimum Gasteiger partial charge on any atom is -0.451 e. The Bertz CT molecular complexity index is 423. The number of ether oxygens (including phenoxy) is 1. The maximum absolute atomic E-state index is 12.0. The zero-order chi connectivity index (χ0) is 12.3. The van der Waals surface area contributed by atoms with E-state index in [2.05, 4.69) is 20.1 Å². The van der Waals surface area contributed by atoms with Crippen molar-refractivity contribution in [3.05, 3.63) is 24.3 Å². The standard InChI is InChI=1S/C15H20O2/c1-10-5-4-7-14(3)8-6-12-9-15(10,14)17-13(16)11(12)2/h12H,1-2,4-9H2,3H3. The first-order valence-electron chi connectivity index (χ1n) is 6.59. The summed E-state index contributed by atoms with van der Waals surface area (Å²) in [6.45, 7) is 10.4. The Labute approximate surface area is 103 Å². The van der Waals surface area contributed by atoms with Gasteiger partial charge in [-0.3, -0.25) is 0 Å². The molecule has 0 N–H and O–H groups in total. The normalized spacial score (nSPS) is 45.2. The summed E-state index contributed by atoms with van der Waals surface area (Å²) >= 11 is 0. The van der Waals surface area contributed by atoms with Crippen LogP contribution >= 0.6 is 0 Å². The molecule has 17 heavy (non-hydrogen) atoms. The summed E-state index contributed by atoms with van der Waals surface area (Å²) in [5.74, 6) is 0.134. The number of carbonyl (C=O) groups is 1. The van der Waals surface area contributed by atoms with Crippen molar-refractivity contribution in [2.24, 2.45) is 11.3 Å². The first-order valence-corrected chi connectivity index (χ1v) is 6.59. The summed E-state index contributed by atoms with van der Waals surface area (Å²) in [5.41, 5.74) is 1.54. The van der Waals surface area contributed by atoms with Gasteiger partial charge in [-0.1, -0.05) is 20.1 Å². The molecule has 0 aromatic carbocycles. The van der Waals surface area contributed by atoms with E-state index in [1.165, 1.54) is 6.42 Å². The third kappa shape index (κ3) is 1.24. The number of esters is 1. The van der Waals surface area contributed by atoms with Crippen LogP contribution in [0.4, 0.5) is 0 Å². The van der Waals surface area contributed by atoms with Gasteiger partial charge in [0.25, 0.3) is 0 Å². The van der Waals surface area contributed by atoms with Crippen LogP contribution in [-0.4, -0.2) is 11.6 Å². The third-order valence-electron chi connectivity index (χ3n) is 5.35. The Morgan fingerprint density at radius 3 is 2.88 bits per heavy atom. The molecular formula is C15H20O2. The van der Waals surface area contributed by atoms with Crippen molar-refractivity contribution < 1.29 is 9.53 Å². The van der Waals surface area contributed by atoms with Gasteiger partial charge < -0.3 is 4.74 Å². The van der Waals surface area contributed by atoms with Crippen molar-refractivity contribution in [1.82, 2.24) is 0 Å². The van der Waals surface area contributed by atoms with E-state index in [0.29, 0.717) is 11.5 Å². The molecule has 2 aliphatic carbocycles. The van der Waals surface area contributed by atoms with Gasteiger partial charge >= 0.3 is 5.97 Å². The molecule has 1 heterocycles. The number of fused-ring (bicyclic) bond motifs is 1. The van der Waals surface area contributed by atoms with Crippen LogP contribution < -0.4 is 0 Å². The van der Waals surface area contributed by atoms with Crippen LogP contribution in [0.5, 0.6) is 0 Å². The lowest BCUT2D eigenvalue weighted by Gasteiger charge is -2.59. The summed E-state index contributed by atoms with van der Waals surface area (Å²) in [6, 6.07) is 0. The average molecular weight is 232 g/mol. The predicted octanol–water partition coefficient (Wildman–Crippen LogP) is 3.38. The molecule has 3 aliphatic rings. The van der Waals surface area contributed by atoms with Crippen LogP contribution in [0.15, 0.2) is 24.3 Å². The van der Waals surface area contributed by atoms with Gasteiger partial charge in [0.1, 0.15) is 5.60 Å². The summed E-state index contributed by atoms with van der Waals surface area (Å²) in [5, 5.41) is 0. The minimum absolute atomic E-state index is 0.106. The topological polar surface area (TPSA) is 26.3 Å². The molecular weight excluding hydrogens is 212 g/mol. The van der Waals surface area contributed by atoms with Gasteiger partial charge in [0.05, 0.1) is 0 Å². The maximum Gasteiger partial charge on any atom is 0.334 e. The minimum atomic E-state index is -0.382. The molecule has 2 nitrogen and oxygen atoms in total. The first-order chi connectivity index (χ1) is 7.98. The monoisotopic (exact) mass is 232 g/mol. The Kier molecular flexibility index (Phi) is 2.11. The Hall–Kier alpha value is -1.05. The smallest absolute Gasteiger partial charge is 0.334 e. The SMILES string of the molecule is C=C1C(=O)OC23CC1CCC2(C)CCCC3=C.